The summed E-state index contributed by atoms with van der Waals surface area (Å²) in [7, 11) is 0. The van der Waals surface area contributed by atoms with Crippen LogP contribution in [0.15, 0.2) is 42.6 Å². The van der Waals surface area contributed by atoms with Crippen molar-refractivity contribution in [3.05, 3.63) is 59.4 Å². The van der Waals surface area contributed by atoms with E-state index in [-0.39, 0.29) is 30.9 Å². The zero-order chi connectivity index (χ0) is 22.0. The number of fused-ring (bicyclic) bond motifs is 1. The summed E-state index contributed by atoms with van der Waals surface area (Å²) in [6.45, 7) is 4.62. The van der Waals surface area contributed by atoms with Crippen LogP contribution in [0.3, 0.4) is 0 Å². The first-order chi connectivity index (χ1) is 15.0. The van der Waals surface area contributed by atoms with E-state index in [4.69, 9.17) is 0 Å². The maximum atomic E-state index is 13.3. The van der Waals surface area contributed by atoms with Crippen LogP contribution in [0, 0.1) is 13.8 Å². The number of carbonyl (C=O) groups excluding carboxylic acids is 3. The number of urea groups is 1. The third-order valence-electron chi connectivity index (χ3n) is 6.07. The molecule has 0 bridgehead atoms. The van der Waals surface area contributed by atoms with Crippen molar-refractivity contribution in [3.63, 3.8) is 0 Å². The van der Waals surface area contributed by atoms with E-state index in [0.717, 1.165) is 23.2 Å². The molecule has 1 aromatic heterocycles. The smallest absolute Gasteiger partial charge is 0.324 e. The SMILES string of the molecule is Cc1cccc(NC(=O)CN2C(=O)N(Cc3ccccn3)C(=O)C3NCCCC32)c1C. The van der Waals surface area contributed by atoms with Gasteiger partial charge in [-0.15, -0.1) is 0 Å². The van der Waals surface area contributed by atoms with Gasteiger partial charge in [0, 0.05) is 11.9 Å². The molecule has 8 nitrogen and oxygen atoms in total. The molecule has 31 heavy (non-hydrogen) atoms. The molecule has 0 saturated carbocycles. The summed E-state index contributed by atoms with van der Waals surface area (Å²) in [6.07, 6.45) is 3.16. The number of rotatable bonds is 5. The number of pyridine rings is 1. The van der Waals surface area contributed by atoms with Crippen molar-refractivity contribution in [1.82, 2.24) is 20.1 Å². The number of nitrogens with one attached hydrogen (secondary N) is 2. The van der Waals surface area contributed by atoms with E-state index < -0.39 is 12.1 Å². The van der Waals surface area contributed by atoms with Crippen LogP contribution in [-0.4, -0.2) is 57.8 Å². The van der Waals surface area contributed by atoms with Gasteiger partial charge < -0.3 is 15.5 Å². The lowest BCUT2D eigenvalue weighted by Crippen LogP contribution is -2.70. The van der Waals surface area contributed by atoms with Crippen LogP contribution >= 0.6 is 0 Å². The highest BCUT2D eigenvalue weighted by Crippen LogP contribution is 2.26. The zero-order valence-corrected chi connectivity index (χ0v) is 17.8. The Morgan fingerprint density at radius 1 is 1.19 bits per heavy atom. The minimum Gasteiger partial charge on any atom is -0.324 e. The van der Waals surface area contributed by atoms with Gasteiger partial charge in [0.1, 0.15) is 12.6 Å². The summed E-state index contributed by atoms with van der Waals surface area (Å²) < 4.78 is 0. The summed E-state index contributed by atoms with van der Waals surface area (Å²) in [5, 5.41) is 6.16. The summed E-state index contributed by atoms with van der Waals surface area (Å²) in [6, 6.07) is 9.80. The lowest BCUT2D eigenvalue weighted by atomic mass is 9.93. The van der Waals surface area contributed by atoms with Crippen molar-refractivity contribution in [2.24, 2.45) is 0 Å². The van der Waals surface area contributed by atoms with E-state index in [1.807, 2.05) is 38.1 Å². The van der Waals surface area contributed by atoms with Crippen molar-refractivity contribution in [2.45, 2.75) is 45.3 Å². The molecular weight excluding hydrogens is 394 g/mol. The van der Waals surface area contributed by atoms with E-state index in [0.29, 0.717) is 18.7 Å². The number of benzene rings is 1. The number of imide groups is 1. The Morgan fingerprint density at radius 3 is 2.81 bits per heavy atom. The number of hydrogen-bond acceptors (Lipinski definition) is 5. The first-order valence-electron chi connectivity index (χ1n) is 10.6. The molecule has 2 saturated heterocycles. The number of nitrogens with zero attached hydrogens (tertiary/aromatic N) is 3. The van der Waals surface area contributed by atoms with Gasteiger partial charge in [-0.1, -0.05) is 18.2 Å². The predicted molar refractivity (Wildman–Crippen MR) is 116 cm³/mol. The van der Waals surface area contributed by atoms with Crippen LogP contribution in [0.1, 0.15) is 29.7 Å². The van der Waals surface area contributed by atoms with Crippen molar-refractivity contribution in [3.8, 4) is 0 Å². The highest BCUT2D eigenvalue weighted by atomic mass is 16.2. The summed E-state index contributed by atoms with van der Waals surface area (Å²) in [4.78, 5) is 46.2. The maximum Gasteiger partial charge on any atom is 0.327 e. The Bertz CT molecular complexity index is 994. The number of carbonyl (C=O) groups is 3. The van der Waals surface area contributed by atoms with E-state index in [2.05, 4.69) is 15.6 Å². The van der Waals surface area contributed by atoms with Gasteiger partial charge in [0.2, 0.25) is 11.8 Å². The zero-order valence-electron chi connectivity index (χ0n) is 17.8. The fourth-order valence-corrected chi connectivity index (χ4v) is 4.23. The van der Waals surface area contributed by atoms with E-state index in [1.165, 1.54) is 9.80 Å². The lowest BCUT2D eigenvalue weighted by molar-refractivity contribution is -0.138. The highest BCUT2D eigenvalue weighted by molar-refractivity contribution is 6.03. The Hall–Kier alpha value is -3.26. The fraction of sp³-hybridized carbons (Fsp3) is 0.391. The number of aryl methyl sites for hydroxylation is 1. The molecule has 0 radical (unpaired) electrons. The van der Waals surface area contributed by atoms with E-state index in [1.54, 1.807) is 18.3 Å². The van der Waals surface area contributed by atoms with Crippen molar-refractivity contribution >= 4 is 23.5 Å². The average Bonchev–Trinajstić information content (AvgIpc) is 2.78. The van der Waals surface area contributed by atoms with Crippen LogP contribution in [0.4, 0.5) is 10.5 Å². The molecule has 162 valence electrons. The van der Waals surface area contributed by atoms with Crippen molar-refractivity contribution < 1.29 is 14.4 Å². The van der Waals surface area contributed by atoms with Crippen LogP contribution in [0.5, 0.6) is 0 Å². The molecule has 2 aliphatic heterocycles. The van der Waals surface area contributed by atoms with Crippen LogP contribution in [0.25, 0.3) is 0 Å². The second-order valence-electron chi connectivity index (χ2n) is 8.09. The topological polar surface area (TPSA) is 94.6 Å². The molecule has 4 amide bonds. The average molecular weight is 422 g/mol. The van der Waals surface area contributed by atoms with E-state index in [9.17, 15) is 14.4 Å². The second kappa shape index (κ2) is 8.85. The third kappa shape index (κ3) is 4.29. The standard InChI is InChI=1S/C23H27N5O3/c1-15-7-5-9-18(16(15)2)26-20(29)14-27-19-10-6-12-25-21(19)22(30)28(23(27)31)13-17-8-3-4-11-24-17/h3-5,7-9,11,19,21,25H,6,10,12-14H2,1-2H3,(H,26,29). The number of anilines is 1. The number of amides is 4. The van der Waals surface area contributed by atoms with Gasteiger partial charge in [-0.2, -0.15) is 0 Å². The third-order valence-corrected chi connectivity index (χ3v) is 6.07. The van der Waals surface area contributed by atoms with Gasteiger partial charge in [-0.05, 0) is 62.6 Å². The highest BCUT2D eigenvalue weighted by Gasteiger charge is 2.47. The van der Waals surface area contributed by atoms with Gasteiger partial charge in [-0.25, -0.2) is 4.79 Å². The summed E-state index contributed by atoms with van der Waals surface area (Å²) in [5.41, 5.74) is 3.42. The lowest BCUT2D eigenvalue weighted by Gasteiger charge is -2.46. The molecular formula is C23H27N5O3. The Kier molecular flexibility index (Phi) is 5.99. The van der Waals surface area contributed by atoms with Gasteiger partial charge in [0.05, 0.1) is 18.3 Å². The van der Waals surface area contributed by atoms with Crippen LogP contribution in [-0.2, 0) is 16.1 Å². The van der Waals surface area contributed by atoms with Gasteiger partial charge in [0.25, 0.3) is 0 Å². The minimum absolute atomic E-state index is 0.0819. The Balaban J connectivity index is 1.55. The molecule has 8 heteroatoms. The van der Waals surface area contributed by atoms with Crippen molar-refractivity contribution in [1.29, 1.82) is 0 Å². The Morgan fingerprint density at radius 2 is 2.03 bits per heavy atom. The molecule has 1 aromatic carbocycles. The largest absolute Gasteiger partial charge is 0.327 e. The number of aromatic nitrogens is 1. The van der Waals surface area contributed by atoms with Gasteiger partial charge in [0.15, 0.2) is 0 Å². The van der Waals surface area contributed by atoms with E-state index >= 15 is 0 Å². The predicted octanol–water partition coefficient (Wildman–Crippen LogP) is 2.22. The van der Waals surface area contributed by atoms with Gasteiger partial charge in [-0.3, -0.25) is 19.5 Å². The summed E-state index contributed by atoms with van der Waals surface area (Å²) in [5.74, 6) is -0.537. The second-order valence-corrected chi connectivity index (χ2v) is 8.09. The molecule has 0 aliphatic carbocycles. The molecule has 2 atom stereocenters. The molecule has 2 aliphatic rings. The molecule has 2 unspecified atom stereocenters. The molecule has 2 fully saturated rings. The number of hydrogen-bond donors (Lipinski definition) is 2. The minimum atomic E-state index is -0.510. The Labute approximate surface area is 181 Å². The molecule has 3 heterocycles. The molecule has 4 rings (SSSR count). The molecule has 2 N–H and O–H groups in total. The first-order valence-corrected chi connectivity index (χ1v) is 10.6. The van der Waals surface area contributed by atoms with Crippen molar-refractivity contribution in [2.75, 3.05) is 18.4 Å². The van der Waals surface area contributed by atoms with Crippen LogP contribution < -0.4 is 10.6 Å². The first kappa shape index (κ1) is 21.0. The number of piperidine rings is 1. The quantitative estimate of drug-likeness (QED) is 0.772. The summed E-state index contributed by atoms with van der Waals surface area (Å²) >= 11 is 0. The molecule has 0 spiro atoms. The van der Waals surface area contributed by atoms with Gasteiger partial charge >= 0.3 is 6.03 Å². The fourth-order valence-electron chi connectivity index (χ4n) is 4.23. The molecule has 2 aromatic rings. The van der Waals surface area contributed by atoms with Crippen LogP contribution in [0.2, 0.25) is 0 Å². The normalized spacial score (nSPS) is 21.1. The maximum absolute atomic E-state index is 13.3. The monoisotopic (exact) mass is 421 g/mol.